The largest absolute Gasteiger partial charge is 0.389 e. The van der Waals surface area contributed by atoms with E-state index in [-0.39, 0.29) is 0 Å². The third kappa shape index (κ3) is 3.21. The molecule has 0 aromatic heterocycles. The van der Waals surface area contributed by atoms with E-state index in [0.717, 1.165) is 17.8 Å². The van der Waals surface area contributed by atoms with E-state index in [0.29, 0.717) is 11.0 Å². The van der Waals surface area contributed by atoms with Gasteiger partial charge in [-0.15, -0.1) is 0 Å². The molecule has 18 heavy (non-hydrogen) atoms. The molecule has 1 heterocycles. The van der Waals surface area contributed by atoms with Gasteiger partial charge >= 0.3 is 0 Å². The number of likely N-dealkylation sites (N-methyl/N-ethyl adjacent to an activating group) is 1. The third-order valence-electron chi connectivity index (χ3n) is 3.42. The van der Waals surface area contributed by atoms with Gasteiger partial charge in [0.05, 0.1) is 0 Å². The lowest BCUT2D eigenvalue weighted by atomic mass is 10.0. The zero-order chi connectivity index (χ0) is 13.1. The fourth-order valence-electron chi connectivity index (χ4n) is 2.49. The van der Waals surface area contributed by atoms with Crippen LogP contribution in [-0.4, -0.2) is 36.1 Å². The summed E-state index contributed by atoms with van der Waals surface area (Å²) in [5.41, 5.74) is 9.00. The molecule has 0 spiro atoms. The molecule has 1 unspecified atom stereocenters. The van der Waals surface area contributed by atoms with E-state index in [1.807, 2.05) is 0 Å². The first-order chi connectivity index (χ1) is 8.56. The minimum absolute atomic E-state index is 0.463. The van der Waals surface area contributed by atoms with Gasteiger partial charge in [0.15, 0.2) is 0 Å². The van der Waals surface area contributed by atoms with Crippen LogP contribution in [0.4, 0.5) is 5.69 Å². The van der Waals surface area contributed by atoms with Gasteiger partial charge in [-0.1, -0.05) is 23.8 Å². The lowest BCUT2D eigenvalue weighted by molar-refractivity contribution is 0.261. The smallest absolute Gasteiger partial charge is 0.106 e. The van der Waals surface area contributed by atoms with Crippen LogP contribution in [0.15, 0.2) is 18.2 Å². The Morgan fingerprint density at radius 1 is 1.50 bits per heavy atom. The average Bonchev–Trinajstić information content (AvgIpc) is 2.31. The summed E-state index contributed by atoms with van der Waals surface area (Å²) in [7, 11) is 2.16. The molecule has 1 aliphatic heterocycles. The highest BCUT2D eigenvalue weighted by atomic mass is 32.1. The average molecular weight is 263 g/mol. The van der Waals surface area contributed by atoms with Crippen molar-refractivity contribution in [2.75, 3.05) is 25.5 Å². The summed E-state index contributed by atoms with van der Waals surface area (Å²) in [5, 5.41) is 3.58. The second kappa shape index (κ2) is 5.67. The first kappa shape index (κ1) is 13.3. The molecule has 1 aromatic rings. The molecule has 0 saturated carbocycles. The van der Waals surface area contributed by atoms with Crippen LogP contribution in [0.25, 0.3) is 0 Å². The van der Waals surface area contributed by atoms with Gasteiger partial charge in [0, 0.05) is 23.8 Å². The van der Waals surface area contributed by atoms with E-state index in [1.165, 1.54) is 24.9 Å². The summed E-state index contributed by atoms with van der Waals surface area (Å²) in [6, 6.07) is 6.71. The Morgan fingerprint density at radius 3 is 2.94 bits per heavy atom. The lowest BCUT2D eigenvalue weighted by Crippen LogP contribution is -2.40. The lowest BCUT2D eigenvalue weighted by Gasteiger charge is -2.31. The van der Waals surface area contributed by atoms with Crippen molar-refractivity contribution < 1.29 is 0 Å². The number of hydrogen-bond donors (Lipinski definition) is 2. The molecule has 0 bridgehead atoms. The van der Waals surface area contributed by atoms with E-state index in [2.05, 4.69) is 42.4 Å². The Hall–Kier alpha value is -1.13. The Balaban J connectivity index is 2.15. The maximum atomic E-state index is 5.80. The highest BCUT2D eigenvalue weighted by Gasteiger charge is 2.18. The van der Waals surface area contributed by atoms with Crippen LogP contribution in [-0.2, 0) is 0 Å². The second-order valence-corrected chi connectivity index (χ2v) is 5.60. The standard InChI is InChI=1S/C14H21N3S/c1-10-5-6-13(12(8-10)14(15)18)16-11-4-3-7-17(2)9-11/h5-6,8,11,16H,3-4,7,9H2,1-2H3,(H2,15,18). The monoisotopic (exact) mass is 263 g/mol. The van der Waals surface area contributed by atoms with Crippen LogP contribution in [0.2, 0.25) is 0 Å². The van der Waals surface area contributed by atoms with Crippen molar-refractivity contribution in [3.63, 3.8) is 0 Å². The van der Waals surface area contributed by atoms with E-state index in [9.17, 15) is 0 Å². The molecule has 1 aliphatic rings. The van der Waals surface area contributed by atoms with Crippen molar-refractivity contribution in [3.05, 3.63) is 29.3 Å². The molecule has 1 atom stereocenters. The summed E-state index contributed by atoms with van der Waals surface area (Å²) in [6.45, 7) is 4.32. The molecule has 98 valence electrons. The third-order valence-corrected chi connectivity index (χ3v) is 3.64. The molecule has 1 aromatic carbocycles. The molecule has 1 saturated heterocycles. The minimum Gasteiger partial charge on any atom is -0.389 e. The first-order valence-electron chi connectivity index (χ1n) is 6.42. The second-order valence-electron chi connectivity index (χ2n) is 5.16. The number of aryl methyl sites for hydroxylation is 1. The van der Waals surface area contributed by atoms with Crippen LogP contribution in [0.3, 0.4) is 0 Å². The molecule has 4 heteroatoms. The highest BCUT2D eigenvalue weighted by Crippen LogP contribution is 2.21. The van der Waals surface area contributed by atoms with Crippen molar-refractivity contribution in [3.8, 4) is 0 Å². The van der Waals surface area contributed by atoms with Gasteiger partial charge in [0.25, 0.3) is 0 Å². The Morgan fingerprint density at radius 2 is 2.28 bits per heavy atom. The molecule has 0 aliphatic carbocycles. The summed E-state index contributed by atoms with van der Waals surface area (Å²) in [4.78, 5) is 2.82. The summed E-state index contributed by atoms with van der Waals surface area (Å²) in [6.07, 6.45) is 2.44. The van der Waals surface area contributed by atoms with Crippen molar-refractivity contribution >= 4 is 22.9 Å². The number of nitrogens with one attached hydrogen (secondary N) is 1. The zero-order valence-electron chi connectivity index (χ0n) is 11.1. The number of nitrogens with zero attached hydrogens (tertiary/aromatic N) is 1. The fourth-order valence-corrected chi connectivity index (χ4v) is 2.66. The first-order valence-corrected chi connectivity index (χ1v) is 6.82. The summed E-state index contributed by atoms with van der Waals surface area (Å²) in [5.74, 6) is 0. The van der Waals surface area contributed by atoms with Crippen LogP contribution in [0.1, 0.15) is 24.0 Å². The number of rotatable bonds is 3. The highest BCUT2D eigenvalue weighted by molar-refractivity contribution is 7.80. The van der Waals surface area contributed by atoms with E-state index >= 15 is 0 Å². The van der Waals surface area contributed by atoms with Gasteiger partial charge in [0.2, 0.25) is 0 Å². The SMILES string of the molecule is Cc1ccc(NC2CCCN(C)C2)c(C(N)=S)c1. The van der Waals surface area contributed by atoms with Gasteiger partial charge in [-0.25, -0.2) is 0 Å². The maximum absolute atomic E-state index is 5.80. The molecule has 1 fully saturated rings. The van der Waals surface area contributed by atoms with Crippen molar-refractivity contribution in [1.82, 2.24) is 4.90 Å². The number of anilines is 1. The van der Waals surface area contributed by atoms with Crippen LogP contribution >= 0.6 is 12.2 Å². The van der Waals surface area contributed by atoms with Gasteiger partial charge in [-0.05, 0) is 45.5 Å². The molecule has 3 nitrogen and oxygen atoms in total. The quantitative estimate of drug-likeness (QED) is 0.820. The number of hydrogen-bond acceptors (Lipinski definition) is 3. The maximum Gasteiger partial charge on any atom is 0.106 e. The molecule has 0 amide bonds. The van der Waals surface area contributed by atoms with Gasteiger partial charge in [-0.3, -0.25) is 0 Å². The van der Waals surface area contributed by atoms with Crippen LogP contribution < -0.4 is 11.1 Å². The number of benzene rings is 1. The number of likely N-dealkylation sites (tertiary alicyclic amines) is 1. The zero-order valence-corrected chi connectivity index (χ0v) is 11.9. The Bertz CT molecular complexity index is 445. The molecular weight excluding hydrogens is 242 g/mol. The molecule has 3 N–H and O–H groups in total. The predicted molar refractivity (Wildman–Crippen MR) is 81.2 cm³/mol. The number of nitrogens with two attached hydrogens (primary N) is 1. The summed E-state index contributed by atoms with van der Waals surface area (Å²) >= 11 is 5.13. The van der Waals surface area contributed by atoms with Crippen molar-refractivity contribution in [1.29, 1.82) is 0 Å². The Labute approximate surface area is 114 Å². The predicted octanol–water partition coefficient (Wildman–Crippen LogP) is 2.14. The molecular formula is C14H21N3S. The van der Waals surface area contributed by atoms with E-state index < -0.39 is 0 Å². The Kier molecular flexibility index (Phi) is 4.19. The molecule has 0 radical (unpaired) electrons. The van der Waals surface area contributed by atoms with Gasteiger partial charge in [0.1, 0.15) is 4.99 Å². The number of thiocarbonyl (C=S) groups is 1. The van der Waals surface area contributed by atoms with Crippen LogP contribution in [0.5, 0.6) is 0 Å². The van der Waals surface area contributed by atoms with E-state index in [4.69, 9.17) is 18.0 Å². The van der Waals surface area contributed by atoms with Crippen molar-refractivity contribution in [2.45, 2.75) is 25.8 Å². The topological polar surface area (TPSA) is 41.3 Å². The van der Waals surface area contributed by atoms with Gasteiger partial charge in [-0.2, -0.15) is 0 Å². The van der Waals surface area contributed by atoms with Gasteiger partial charge < -0.3 is 16.0 Å². The van der Waals surface area contributed by atoms with E-state index in [1.54, 1.807) is 0 Å². The van der Waals surface area contributed by atoms with Crippen molar-refractivity contribution in [2.24, 2.45) is 5.73 Å². The van der Waals surface area contributed by atoms with Crippen LogP contribution in [0, 0.1) is 6.92 Å². The fraction of sp³-hybridized carbons (Fsp3) is 0.500. The summed E-state index contributed by atoms with van der Waals surface area (Å²) < 4.78 is 0. The minimum atomic E-state index is 0.463. The normalized spacial score (nSPS) is 20.7. The molecule has 2 rings (SSSR count). The number of piperidine rings is 1.